The Kier molecular flexibility index (Phi) is 6.53. The Morgan fingerprint density at radius 3 is 1.74 bits per heavy atom. The molecule has 4 nitrogen and oxygen atoms in total. The summed E-state index contributed by atoms with van der Waals surface area (Å²) in [5, 5.41) is 9.30. The second-order valence-corrected chi connectivity index (χ2v) is 7.14. The van der Waals surface area contributed by atoms with Crippen molar-refractivity contribution in [3.05, 3.63) is 102 Å². The standard InChI is InChI=1S/C24H22F3NO3/c1-28(22(29)30)17-16-23(18-8-4-2-5-9-18,19-10-6-3-7-11-19)31-21-14-12-20(13-15-21)24(25,26)27/h2-15H,16-17H2,1H3,(H,29,30). The van der Waals surface area contributed by atoms with Crippen LogP contribution in [0.15, 0.2) is 84.9 Å². The van der Waals surface area contributed by atoms with E-state index < -0.39 is 23.4 Å². The highest BCUT2D eigenvalue weighted by molar-refractivity contribution is 5.64. The molecule has 7 heteroatoms. The molecule has 0 aromatic heterocycles. The predicted octanol–water partition coefficient (Wildman–Crippen LogP) is 6.03. The van der Waals surface area contributed by atoms with Gasteiger partial charge in [-0.3, -0.25) is 0 Å². The molecule has 1 amide bonds. The molecule has 0 aliphatic rings. The van der Waals surface area contributed by atoms with Gasteiger partial charge in [-0.25, -0.2) is 4.79 Å². The Bertz CT molecular complexity index is 951. The van der Waals surface area contributed by atoms with Crippen molar-refractivity contribution in [2.45, 2.75) is 18.2 Å². The number of hydrogen-bond acceptors (Lipinski definition) is 2. The van der Waals surface area contributed by atoms with Gasteiger partial charge < -0.3 is 14.7 Å². The van der Waals surface area contributed by atoms with E-state index in [-0.39, 0.29) is 18.7 Å². The molecule has 0 unspecified atom stereocenters. The van der Waals surface area contributed by atoms with Crippen molar-refractivity contribution in [3.8, 4) is 5.75 Å². The molecule has 0 bridgehead atoms. The number of hydrogen-bond donors (Lipinski definition) is 1. The molecule has 1 N–H and O–H groups in total. The molecule has 3 aromatic rings. The summed E-state index contributed by atoms with van der Waals surface area (Å²) in [7, 11) is 1.46. The van der Waals surface area contributed by atoms with Crippen LogP contribution in [-0.2, 0) is 11.8 Å². The fourth-order valence-corrected chi connectivity index (χ4v) is 3.37. The lowest BCUT2D eigenvalue weighted by molar-refractivity contribution is -0.137. The minimum absolute atomic E-state index is 0.153. The van der Waals surface area contributed by atoms with Gasteiger partial charge in [0.05, 0.1) is 5.56 Å². The first-order chi connectivity index (χ1) is 14.7. The Morgan fingerprint density at radius 1 is 0.839 bits per heavy atom. The summed E-state index contributed by atoms with van der Waals surface area (Å²) in [5.74, 6) is 0.249. The summed E-state index contributed by atoms with van der Waals surface area (Å²) in [6.07, 6.45) is -5.27. The third-order valence-corrected chi connectivity index (χ3v) is 5.08. The van der Waals surface area contributed by atoms with Gasteiger partial charge in [-0.15, -0.1) is 0 Å². The van der Waals surface area contributed by atoms with Gasteiger partial charge in [-0.1, -0.05) is 60.7 Å². The van der Waals surface area contributed by atoms with E-state index in [0.717, 1.165) is 28.2 Å². The molecule has 0 saturated heterocycles. The monoisotopic (exact) mass is 429 g/mol. The molecular weight excluding hydrogens is 407 g/mol. The van der Waals surface area contributed by atoms with E-state index in [9.17, 15) is 23.1 Å². The molecule has 162 valence electrons. The van der Waals surface area contributed by atoms with Crippen molar-refractivity contribution in [1.82, 2.24) is 4.90 Å². The van der Waals surface area contributed by atoms with Crippen LogP contribution in [-0.4, -0.2) is 29.7 Å². The Hall–Kier alpha value is -3.48. The van der Waals surface area contributed by atoms with Crippen LogP contribution in [0.1, 0.15) is 23.1 Å². The smallest absolute Gasteiger partial charge is 0.416 e. The summed E-state index contributed by atoms with van der Waals surface area (Å²) in [4.78, 5) is 12.5. The fraction of sp³-hybridized carbons (Fsp3) is 0.208. The van der Waals surface area contributed by atoms with Crippen LogP contribution in [0.3, 0.4) is 0 Å². The van der Waals surface area contributed by atoms with Crippen LogP contribution in [0.4, 0.5) is 18.0 Å². The van der Waals surface area contributed by atoms with Crippen LogP contribution in [0, 0.1) is 0 Å². The summed E-state index contributed by atoms with van der Waals surface area (Å²) in [5.41, 5.74) is -0.346. The molecule has 3 aromatic carbocycles. The normalized spacial score (nSPS) is 11.7. The van der Waals surface area contributed by atoms with Crippen molar-refractivity contribution in [2.75, 3.05) is 13.6 Å². The number of carboxylic acid groups (broad SMARTS) is 1. The Labute approximate surface area is 178 Å². The molecule has 0 aliphatic heterocycles. The van der Waals surface area contributed by atoms with E-state index in [4.69, 9.17) is 4.74 Å². The Morgan fingerprint density at radius 2 is 1.32 bits per heavy atom. The first-order valence-electron chi connectivity index (χ1n) is 9.64. The van der Waals surface area contributed by atoms with E-state index in [1.807, 2.05) is 60.7 Å². The van der Waals surface area contributed by atoms with Crippen molar-refractivity contribution in [3.63, 3.8) is 0 Å². The average Bonchev–Trinajstić information content (AvgIpc) is 2.77. The third kappa shape index (κ3) is 5.17. The number of nitrogens with zero attached hydrogens (tertiary/aromatic N) is 1. The summed E-state index contributed by atoms with van der Waals surface area (Å²) < 4.78 is 45.3. The molecule has 31 heavy (non-hydrogen) atoms. The van der Waals surface area contributed by atoms with Gasteiger partial charge in [0.25, 0.3) is 0 Å². The SMILES string of the molecule is CN(CCC(Oc1ccc(C(F)(F)F)cc1)(c1ccccc1)c1ccccc1)C(=O)O. The number of amides is 1. The zero-order valence-electron chi connectivity index (χ0n) is 16.8. The molecule has 0 fully saturated rings. The number of rotatable bonds is 7. The molecule has 0 radical (unpaired) electrons. The topological polar surface area (TPSA) is 49.8 Å². The highest BCUT2D eigenvalue weighted by atomic mass is 19.4. The van der Waals surface area contributed by atoms with Gasteiger partial charge in [-0.2, -0.15) is 13.2 Å². The largest absolute Gasteiger partial charge is 0.478 e. The van der Waals surface area contributed by atoms with Gasteiger partial charge in [0, 0.05) is 20.0 Å². The van der Waals surface area contributed by atoms with E-state index >= 15 is 0 Å². The second kappa shape index (κ2) is 9.12. The fourth-order valence-electron chi connectivity index (χ4n) is 3.37. The zero-order valence-corrected chi connectivity index (χ0v) is 16.8. The first kappa shape index (κ1) is 22.2. The molecular formula is C24H22F3NO3. The lowest BCUT2D eigenvalue weighted by atomic mass is 9.83. The minimum atomic E-state index is -4.45. The summed E-state index contributed by atoms with van der Waals surface area (Å²) in [6.45, 7) is 0.153. The van der Waals surface area contributed by atoms with Gasteiger partial charge in [0.2, 0.25) is 0 Å². The van der Waals surface area contributed by atoms with E-state index in [1.54, 1.807) is 0 Å². The average molecular weight is 429 g/mol. The van der Waals surface area contributed by atoms with Crippen LogP contribution < -0.4 is 4.74 Å². The second-order valence-electron chi connectivity index (χ2n) is 7.14. The van der Waals surface area contributed by atoms with E-state index in [1.165, 1.54) is 19.2 Å². The van der Waals surface area contributed by atoms with Gasteiger partial charge >= 0.3 is 12.3 Å². The van der Waals surface area contributed by atoms with E-state index in [0.29, 0.717) is 0 Å². The van der Waals surface area contributed by atoms with Crippen molar-refractivity contribution in [1.29, 1.82) is 0 Å². The molecule has 0 aliphatic carbocycles. The number of benzene rings is 3. The molecule has 0 heterocycles. The number of ether oxygens (including phenoxy) is 1. The Balaban J connectivity index is 2.08. The predicted molar refractivity (Wildman–Crippen MR) is 111 cm³/mol. The van der Waals surface area contributed by atoms with Crippen LogP contribution in [0.25, 0.3) is 0 Å². The lowest BCUT2D eigenvalue weighted by Gasteiger charge is -2.37. The third-order valence-electron chi connectivity index (χ3n) is 5.08. The highest BCUT2D eigenvalue weighted by Gasteiger charge is 2.38. The van der Waals surface area contributed by atoms with Crippen molar-refractivity contribution in [2.24, 2.45) is 0 Å². The molecule has 0 spiro atoms. The number of halogens is 3. The van der Waals surface area contributed by atoms with Crippen LogP contribution in [0.2, 0.25) is 0 Å². The first-order valence-corrected chi connectivity index (χ1v) is 9.64. The van der Waals surface area contributed by atoms with Crippen molar-refractivity contribution < 1.29 is 27.8 Å². The quantitative estimate of drug-likeness (QED) is 0.499. The highest BCUT2D eigenvalue weighted by Crippen LogP contribution is 2.39. The lowest BCUT2D eigenvalue weighted by Crippen LogP contribution is -2.39. The van der Waals surface area contributed by atoms with Gasteiger partial charge in [0.1, 0.15) is 5.75 Å². The molecule has 0 saturated carbocycles. The maximum atomic E-state index is 13.0. The summed E-state index contributed by atoms with van der Waals surface area (Å²) in [6, 6.07) is 23.0. The van der Waals surface area contributed by atoms with E-state index in [2.05, 4.69) is 0 Å². The number of carbonyl (C=O) groups is 1. The summed E-state index contributed by atoms with van der Waals surface area (Å²) >= 11 is 0. The van der Waals surface area contributed by atoms with Crippen molar-refractivity contribution >= 4 is 6.09 Å². The number of alkyl halides is 3. The maximum Gasteiger partial charge on any atom is 0.416 e. The molecule has 3 rings (SSSR count). The maximum absolute atomic E-state index is 13.0. The van der Waals surface area contributed by atoms with Crippen LogP contribution in [0.5, 0.6) is 5.75 Å². The van der Waals surface area contributed by atoms with Crippen LogP contribution >= 0.6 is 0 Å². The zero-order chi connectivity index (χ0) is 22.5. The molecule has 0 atom stereocenters. The minimum Gasteiger partial charge on any atom is -0.478 e. The van der Waals surface area contributed by atoms with Gasteiger partial charge in [0.15, 0.2) is 5.60 Å². The van der Waals surface area contributed by atoms with Gasteiger partial charge in [-0.05, 0) is 35.4 Å².